The molecule has 0 aromatic heterocycles. The van der Waals surface area contributed by atoms with Gasteiger partial charge in [-0.25, -0.2) is 4.79 Å². The smallest absolute Gasteiger partial charge is 0.325 e. The first-order chi connectivity index (χ1) is 8.93. The Hall–Kier alpha value is -1.59. The molecule has 0 saturated carbocycles. The SMILES string of the molecule is CC1(C)C(=O)NC(=O)N1CC(=O)N1CCCCCC1. The highest BCUT2D eigenvalue weighted by molar-refractivity contribution is 6.07. The van der Waals surface area contributed by atoms with E-state index >= 15 is 0 Å². The molecule has 0 unspecified atom stereocenters. The Bertz CT molecular complexity index is 398. The van der Waals surface area contributed by atoms with Crippen LogP contribution < -0.4 is 5.32 Å². The van der Waals surface area contributed by atoms with Crippen LogP contribution in [-0.2, 0) is 9.59 Å². The normalized spacial score (nSPS) is 23.3. The summed E-state index contributed by atoms with van der Waals surface area (Å²) in [6.45, 7) is 4.79. The molecule has 0 atom stereocenters. The molecule has 19 heavy (non-hydrogen) atoms. The molecule has 106 valence electrons. The van der Waals surface area contributed by atoms with E-state index in [1.165, 1.54) is 4.90 Å². The summed E-state index contributed by atoms with van der Waals surface area (Å²) in [5.41, 5.74) is -0.946. The zero-order valence-corrected chi connectivity index (χ0v) is 11.6. The van der Waals surface area contributed by atoms with Crippen LogP contribution in [0.4, 0.5) is 4.79 Å². The minimum Gasteiger partial charge on any atom is -0.341 e. The zero-order valence-electron chi connectivity index (χ0n) is 11.6. The first kappa shape index (κ1) is 13.8. The van der Waals surface area contributed by atoms with Gasteiger partial charge in [0.2, 0.25) is 5.91 Å². The van der Waals surface area contributed by atoms with E-state index < -0.39 is 11.6 Å². The number of carbonyl (C=O) groups is 3. The molecule has 2 aliphatic heterocycles. The lowest BCUT2D eigenvalue weighted by Gasteiger charge is -2.30. The van der Waals surface area contributed by atoms with Gasteiger partial charge in [0.05, 0.1) is 0 Å². The fraction of sp³-hybridized carbons (Fsp3) is 0.769. The lowest BCUT2D eigenvalue weighted by molar-refractivity contribution is -0.133. The number of urea groups is 1. The molecule has 0 bridgehead atoms. The number of hydrogen-bond donors (Lipinski definition) is 1. The molecule has 2 aliphatic rings. The number of imide groups is 1. The molecule has 1 N–H and O–H groups in total. The molecule has 0 radical (unpaired) electrons. The molecule has 0 spiro atoms. The van der Waals surface area contributed by atoms with E-state index in [4.69, 9.17) is 0 Å². The van der Waals surface area contributed by atoms with Gasteiger partial charge in [-0.2, -0.15) is 0 Å². The summed E-state index contributed by atoms with van der Waals surface area (Å²) < 4.78 is 0. The van der Waals surface area contributed by atoms with Crippen LogP contribution in [0.1, 0.15) is 39.5 Å². The van der Waals surface area contributed by atoms with Crippen LogP contribution in [0.2, 0.25) is 0 Å². The van der Waals surface area contributed by atoms with Gasteiger partial charge in [-0.05, 0) is 26.7 Å². The summed E-state index contributed by atoms with van der Waals surface area (Å²) in [7, 11) is 0. The van der Waals surface area contributed by atoms with Gasteiger partial charge in [-0.15, -0.1) is 0 Å². The third-order valence-corrected chi connectivity index (χ3v) is 3.95. The Balaban J connectivity index is 2.01. The highest BCUT2D eigenvalue weighted by atomic mass is 16.2. The maximum atomic E-state index is 12.2. The van der Waals surface area contributed by atoms with Crippen molar-refractivity contribution in [1.82, 2.24) is 15.1 Å². The summed E-state index contributed by atoms with van der Waals surface area (Å²) in [4.78, 5) is 38.7. The summed E-state index contributed by atoms with van der Waals surface area (Å²) in [6.07, 6.45) is 4.33. The fourth-order valence-electron chi connectivity index (χ4n) is 2.52. The summed E-state index contributed by atoms with van der Waals surface area (Å²) in [5.74, 6) is -0.416. The first-order valence-electron chi connectivity index (χ1n) is 6.84. The second-order valence-corrected chi connectivity index (χ2v) is 5.70. The number of nitrogens with one attached hydrogen (secondary N) is 1. The van der Waals surface area contributed by atoms with Gasteiger partial charge in [0, 0.05) is 13.1 Å². The Labute approximate surface area is 113 Å². The van der Waals surface area contributed by atoms with Crippen molar-refractivity contribution in [2.75, 3.05) is 19.6 Å². The van der Waals surface area contributed by atoms with Gasteiger partial charge in [0.1, 0.15) is 12.1 Å². The molecule has 2 rings (SSSR count). The quantitative estimate of drug-likeness (QED) is 0.749. The highest BCUT2D eigenvalue weighted by Gasteiger charge is 2.46. The van der Waals surface area contributed by atoms with Crippen molar-refractivity contribution in [3.8, 4) is 0 Å². The predicted molar refractivity (Wildman–Crippen MR) is 69.4 cm³/mol. The molecule has 4 amide bonds. The van der Waals surface area contributed by atoms with Crippen LogP contribution in [-0.4, -0.2) is 52.8 Å². The molecule has 0 aromatic rings. The zero-order chi connectivity index (χ0) is 14.0. The van der Waals surface area contributed by atoms with E-state index in [0.717, 1.165) is 38.8 Å². The van der Waals surface area contributed by atoms with Crippen molar-refractivity contribution >= 4 is 17.8 Å². The average Bonchev–Trinajstić information content (AvgIpc) is 2.59. The monoisotopic (exact) mass is 267 g/mol. The van der Waals surface area contributed by atoms with Crippen molar-refractivity contribution in [3.05, 3.63) is 0 Å². The Kier molecular flexibility index (Phi) is 3.78. The van der Waals surface area contributed by atoms with E-state index in [2.05, 4.69) is 5.32 Å². The van der Waals surface area contributed by atoms with Gasteiger partial charge < -0.3 is 9.80 Å². The standard InChI is InChI=1S/C13H21N3O3/c1-13(2)11(18)14-12(19)16(13)9-10(17)15-7-5-3-4-6-8-15/h3-9H2,1-2H3,(H,14,18,19). The molecule has 2 fully saturated rings. The maximum absolute atomic E-state index is 12.2. The summed E-state index contributed by atoms with van der Waals surface area (Å²) in [5, 5.41) is 2.26. The molecule has 2 heterocycles. The molecule has 0 aromatic carbocycles. The Morgan fingerprint density at radius 1 is 1.16 bits per heavy atom. The van der Waals surface area contributed by atoms with Crippen LogP contribution in [0.15, 0.2) is 0 Å². The Morgan fingerprint density at radius 3 is 2.21 bits per heavy atom. The number of likely N-dealkylation sites (tertiary alicyclic amines) is 1. The van der Waals surface area contributed by atoms with Crippen LogP contribution >= 0.6 is 0 Å². The van der Waals surface area contributed by atoms with E-state index in [0.29, 0.717) is 0 Å². The predicted octanol–water partition coefficient (Wildman–Crippen LogP) is 0.719. The van der Waals surface area contributed by atoms with Crippen LogP contribution in [0.25, 0.3) is 0 Å². The average molecular weight is 267 g/mol. The van der Waals surface area contributed by atoms with E-state index in [1.807, 2.05) is 0 Å². The fourth-order valence-corrected chi connectivity index (χ4v) is 2.52. The lowest BCUT2D eigenvalue weighted by atomic mass is 10.0. The summed E-state index contributed by atoms with van der Waals surface area (Å²) in [6, 6.07) is -0.474. The van der Waals surface area contributed by atoms with Crippen LogP contribution in [0, 0.1) is 0 Å². The van der Waals surface area contributed by atoms with Gasteiger partial charge in [-0.3, -0.25) is 14.9 Å². The van der Waals surface area contributed by atoms with Crippen molar-refractivity contribution in [2.45, 2.75) is 45.1 Å². The molecular weight excluding hydrogens is 246 g/mol. The number of amides is 4. The van der Waals surface area contributed by atoms with Crippen LogP contribution in [0.5, 0.6) is 0 Å². The largest absolute Gasteiger partial charge is 0.341 e. The van der Waals surface area contributed by atoms with Crippen molar-refractivity contribution in [2.24, 2.45) is 0 Å². The Morgan fingerprint density at radius 2 is 1.74 bits per heavy atom. The van der Waals surface area contributed by atoms with Gasteiger partial charge in [0.15, 0.2) is 0 Å². The van der Waals surface area contributed by atoms with Crippen molar-refractivity contribution < 1.29 is 14.4 Å². The van der Waals surface area contributed by atoms with Gasteiger partial charge in [-0.1, -0.05) is 12.8 Å². The molecule has 0 aliphatic carbocycles. The lowest BCUT2D eigenvalue weighted by Crippen LogP contribution is -2.49. The number of carbonyl (C=O) groups excluding carboxylic acids is 3. The first-order valence-corrected chi connectivity index (χ1v) is 6.84. The van der Waals surface area contributed by atoms with E-state index in [-0.39, 0.29) is 18.4 Å². The second kappa shape index (κ2) is 5.19. The minimum absolute atomic E-state index is 0.0232. The third-order valence-electron chi connectivity index (χ3n) is 3.95. The highest BCUT2D eigenvalue weighted by Crippen LogP contribution is 2.21. The number of rotatable bonds is 2. The number of nitrogens with zero attached hydrogens (tertiary/aromatic N) is 2. The van der Waals surface area contributed by atoms with Crippen molar-refractivity contribution in [1.29, 1.82) is 0 Å². The van der Waals surface area contributed by atoms with Crippen molar-refractivity contribution in [3.63, 3.8) is 0 Å². The van der Waals surface area contributed by atoms with E-state index in [1.54, 1.807) is 18.7 Å². The maximum Gasteiger partial charge on any atom is 0.325 e. The molecule has 6 heteroatoms. The van der Waals surface area contributed by atoms with Crippen LogP contribution in [0.3, 0.4) is 0 Å². The van der Waals surface area contributed by atoms with Gasteiger partial charge >= 0.3 is 6.03 Å². The summed E-state index contributed by atoms with van der Waals surface area (Å²) >= 11 is 0. The van der Waals surface area contributed by atoms with E-state index in [9.17, 15) is 14.4 Å². The third kappa shape index (κ3) is 2.72. The van der Waals surface area contributed by atoms with Gasteiger partial charge in [0.25, 0.3) is 5.91 Å². The minimum atomic E-state index is -0.946. The molecule has 6 nitrogen and oxygen atoms in total. The second-order valence-electron chi connectivity index (χ2n) is 5.70. The molecule has 2 saturated heterocycles. The topological polar surface area (TPSA) is 69.7 Å². The molecular formula is C13H21N3O3. The number of hydrogen-bond acceptors (Lipinski definition) is 3.